The van der Waals surface area contributed by atoms with Crippen LogP contribution < -0.4 is 15.4 Å². The van der Waals surface area contributed by atoms with Gasteiger partial charge in [0, 0.05) is 12.6 Å². The number of rotatable bonds is 3. The zero-order chi connectivity index (χ0) is 10.7. The quantitative estimate of drug-likeness (QED) is 0.788. The minimum absolute atomic E-state index is 0.446. The zero-order valence-corrected chi connectivity index (χ0v) is 9.08. The van der Waals surface area contributed by atoms with E-state index in [-0.39, 0.29) is 0 Å². The molecule has 1 aromatic heterocycles. The fourth-order valence-electron chi connectivity index (χ4n) is 1.79. The van der Waals surface area contributed by atoms with Gasteiger partial charge in [-0.2, -0.15) is 4.98 Å². The molecule has 5 heteroatoms. The molecule has 1 aromatic rings. The summed E-state index contributed by atoms with van der Waals surface area (Å²) in [5.41, 5.74) is 0.868. The minimum Gasteiger partial charge on any atom is -0.479 e. The van der Waals surface area contributed by atoms with Gasteiger partial charge in [-0.15, -0.1) is 0 Å². The largest absolute Gasteiger partial charge is 0.479 e. The molecule has 0 amide bonds. The molecular formula is C10H16N4O. The van der Waals surface area contributed by atoms with Crippen LogP contribution in [0.25, 0.3) is 0 Å². The monoisotopic (exact) mass is 208 g/mol. The molecule has 1 atom stereocenters. The summed E-state index contributed by atoms with van der Waals surface area (Å²) < 4.78 is 5.15. The molecule has 0 saturated carbocycles. The second kappa shape index (κ2) is 4.33. The van der Waals surface area contributed by atoms with Gasteiger partial charge in [-0.1, -0.05) is 13.3 Å². The maximum absolute atomic E-state index is 5.15. The second-order valence-corrected chi connectivity index (χ2v) is 3.62. The first-order valence-corrected chi connectivity index (χ1v) is 5.24. The average Bonchev–Trinajstić information content (AvgIpc) is 2.28. The zero-order valence-electron chi connectivity index (χ0n) is 9.08. The highest BCUT2D eigenvalue weighted by Crippen LogP contribution is 2.31. The van der Waals surface area contributed by atoms with Crippen molar-refractivity contribution in [3.8, 4) is 5.88 Å². The Balaban J connectivity index is 2.20. The summed E-state index contributed by atoms with van der Waals surface area (Å²) in [6.45, 7) is 3.07. The van der Waals surface area contributed by atoms with Crippen LogP contribution in [0.1, 0.15) is 19.8 Å². The lowest BCUT2D eigenvalue weighted by Gasteiger charge is -2.27. The molecule has 0 aliphatic carbocycles. The van der Waals surface area contributed by atoms with Gasteiger partial charge in [-0.3, -0.25) is 0 Å². The SMILES string of the molecule is CCCC1CNc2c(ncnc2OC)N1. The Morgan fingerprint density at radius 2 is 2.40 bits per heavy atom. The first-order valence-electron chi connectivity index (χ1n) is 5.24. The maximum atomic E-state index is 5.15. The van der Waals surface area contributed by atoms with E-state index < -0.39 is 0 Å². The first kappa shape index (κ1) is 10.0. The predicted molar refractivity (Wildman–Crippen MR) is 59.4 cm³/mol. The molecule has 0 aromatic carbocycles. The molecule has 15 heavy (non-hydrogen) atoms. The third-order valence-electron chi connectivity index (χ3n) is 2.51. The molecule has 1 unspecified atom stereocenters. The molecule has 1 aliphatic rings. The van der Waals surface area contributed by atoms with Gasteiger partial charge in [0.05, 0.1) is 7.11 Å². The lowest BCUT2D eigenvalue weighted by molar-refractivity contribution is 0.398. The van der Waals surface area contributed by atoms with Crippen molar-refractivity contribution in [1.82, 2.24) is 9.97 Å². The molecule has 0 radical (unpaired) electrons. The standard InChI is InChI=1S/C10H16N4O/c1-3-4-7-5-11-8-9(14-7)12-6-13-10(8)15-2/h6-7,11H,3-5H2,1-2H3,(H,12,13,14). The third kappa shape index (κ3) is 1.95. The highest BCUT2D eigenvalue weighted by atomic mass is 16.5. The predicted octanol–water partition coefficient (Wildman–Crippen LogP) is 1.49. The minimum atomic E-state index is 0.446. The number of fused-ring (bicyclic) bond motifs is 1. The maximum Gasteiger partial charge on any atom is 0.242 e. The molecule has 2 heterocycles. The van der Waals surface area contributed by atoms with Crippen LogP contribution in [-0.4, -0.2) is 29.7 Å². The van der Waals surface area contributed by atoms with Crippen molar-refractivity contribution in [2.45, 2.75) is 25.8 Å². The lowest BCUT2D eigenvalue weighted by Crippen LogP contribution is -2.33. The molecule has 0 saturated heterocycles. The van der Waals surface area contributed by atoms with Crippen LogP contribution >= 0.6 is 0 Å². The first-order chi connectivity index (χ1) is 7.35. The van der Waals surface area contributed by atoms with Crippen LogP contribution in [0.5, 0.6) is 5.88 Å². The van der Waals surface area contributed by atoms with E-state index in [2.05, 4.69) is 27.5 Å². The van der Waals surface area contributed by atoms with Crippen molar-refractivity contribution < 1.29 is 4.74 Å². The van der Waals surface area contributed by atoms with E-state index in [1.807, 2.05) is 0 Å². The van der Waals surface area contributed by atoms with Gasteiger partial charge in [0.15, 0.2) is 5.82 Å². The third-order valence-corrected chi connectivity index (χ3v) is 2.51. The smallest absolute Gasteiger partial charge is 0.242 e. The number of methoxy groups -OCH3 is 1. The number of aromatic nitrogens is 2. The van der Waals surface area contributed by atoms with Crippen molar-refractivity contribution in [1.29, 1.82) is 0 Å². The van der Waals surface area contributed by atoms with Crippen LogP contribution in [0, 0.1) is 0 Å². The van der Waals surface area contributed by atoms with Gasteiger partial charge in [-0.05, 0) is 6.42 Å². The number of ether oxygens (including phenoxy) is 1. The van der Waals surface area contributed by atoms with E-state index in [0.29, 0.717) is 11.9 Å². The van der Waals surface area contributed by atoms with Crippen molar-refractivity contribution in [2.24, 2.45) is 0 Å². The number of nitrogens with one attached hydrogen (secondary N) is 2. The Kier molecular flexibility index (Phi) is 2.89. The molecule has 82 valence electrons. The number of hydrogen-bond donors (Lipinski definition) is 2. The van der Waals surface area contributed by atoms with Gasteiger partial charge in [-0.25, -0.2) is 4.98 Å². The summed E-state index contributed by atoms with van der Waals surface area (Å²) in [4.78, 5) is 8.24. The van der Waals surface area contributed by atoms with Crippen molar-refractivity contribution in [2.75, 3.05) is 24.3 Å². The van der Waals surface area contributed by atoms with E-state index in [1.165, 1.54) is 6.33 Å². The van der Waals surface area contributed by atoms with E-state index in [1.54, 1.807) is 7.11 Å². The van der Waals surface area contributed by atoms with Crippen molar-refractivity contribution in [3.63, 3.8) is 0 Å². The Morgan fingerprint density at radius 1 is 1.53 bits per heavy atom. The summed E-state index contributed by atoms with van der Waals surface area (Å²) in [5, 5.41) is 6.68. The Labute approximate surface area is 89.3 Å². The van der Waals surface area contributed by atoms with E-state index in [0.717, 1.165) is 30.9 Å². The molecule has 5 nitrogen and oxygen atoms in total. The van der Waals surface area contributed by atoms with Gasteiger partial charge in [0.1, 0.15) is 12.0 Å². The molecule has 0 spiro atoms. The Bertz CT molecular complexity index is 342. The molecule has 2 N–H and O–H groups in total. The van der Waals surface area contributed by atoms with Crippen molar-refractivity contribution >= 4 is 11.5 Å². The van der Waals surface area contributed by atoms with Crippen LogP contribution in [-0.2, 0) is 0 Å². The summed E-state index contributed by atoms with van der Waals surface area (Å²) >= 11 is 0. The van der Waals surface area contributed by atoms with E-state index >= 15 is 0 Å². The fourth-order valence-corrected chi connectivity index (χ4v) is 1.79. The summed E-state index contributed by atoms with van der Waals surface area (Å²) in [6.07, 6.45) is 3.82. The van der Waals surface area contributed by atoms with E-state index in [9.17, 15) is 0 Å². The van der Waals surface area contributed by atoms with Crippen LogP contribution in [0.2, 0.25) is 0 Å². The second-order valence-electron chi connectivity index (χ2n) is 3.62. The number of anilines is 2. The highest BCUT2D eigenvalue weighted by Gasteiger charge is 2.20. The molecule has 0 fully saturated rings. The fraction of sp³-hybridized carbons (Fsp3) is 0.600. The topological polar surface area (TPSA) is 59.1 Å². The summed E-state index contributed by atoms with van der Waals surface area (Å²) in [7, 11) is 1.61. The summed E-state index contributed by atoms with van der Waals surface area (Å²) in [5.74, 6) is 1.44. The number of nitrogens with zero attached hydrogens (tertiary/aromatic N) is 2. The Hall–Kier alpha value is -1.52. The number of hydrogen-bond acceptors (Lipinski definition) is 5. The van der Waals surface area contributed by atoms with Gasteiger partial charge in [0.2, 0.25) is 5.88 Å². The highest BCUT2D eigenvalue weighted by molar-refractivity contribution is 5.71. The van der Waals surface area contributed by atoms with Crippen molar-refractivity contribution in [3.05, 3.63) is 6.33 Å². The van der Waals surface area contributed by atoms with E-state index in [4.69, 9.17) is 4.74 Å². The molecular weight excluding hydrogens is 192 g/mol. The summed E-state index contributed by atoms with van der Waals surface area (Å²) in [6, 6.07) is 0.446. The average molecular weight is 208 g/mol. The molecule has 2 rings (SSSR count). The van der Waals surface area contributed by atoms with Crippen LogP contribution in [0.3, 0.4) is 0 Å². The lowest BCUT2D eigenvalue weighted by atomic mass is 10.1. The Morgan fingerprint density at radius 3 is 3.13 bits per heavy atom. The van der Waals surface area contributed by atoms with Gasteiger partial charge >= 0.3 is 0 Å². The van der Waals surface area contributed by atoms with Crippen LogP contribution in [0.15, 0.2) is 6.33 Å². The van der Waals surface area contributed by atoms with Gasteiger partial charge in [0.25, 0.3) is 0 Å². The van der Waals surface area contributed by atoms with Gasteiger partial charge < -0.3 is 15.4 Å². The molecule has 0 bridgehead atoms. The molecule has 1 aliphatic heterocycles. The van der Waals surface area contributed by atoms with Crippen LogP contribution in [0.4, 0.5) is 11.5 Å². The normalized spacial score (nSPS) is 18.7.